The third-order valence-electron chi connectivity index (χ3n) is 6.40. The van der Waals surface area contributed by atoms with E-state index in [0.717, 1.165) is 16.6 Å². The molecule has 1 aromatic carbocycles. The van der Waals surface area contributed by atoms with Crippen LogP contribution in [0.5, 0.6) is 0 Å². The average Bonchev–Trinajstić information content (AvgIpc) is 3.23. The second-order valence-corrected chi connectivity index (χ2v) is 8.38. The van der Waals surface area contributed by atoms with Crippen LogP contribution >= 0.6 is 0 Å². The van der Waals surface area contributed by atoms with Crippen molar-refractivity contribution in [3.05, 3.63) is 46.8 Å². The molecule has 1 saturated heterocycles. The van der Waals surface area contributed by atoms with Gasteiger partial charge < -0.3 is 19.8 Å². The number of esters is 1. The number of ether oxygens (including phenoxy) is 2. The van der Waals surface area contributed by atoms with Gasteiger partial charge >= 0.3 is 5.97 Å². The number of hydrogen-bond acceptors (Lipinski definition) is 6. The Morgan fingerprint density at radius 3 is 2.65 bits per heavy atom. The van der Waals surface area contributed by atoms with Gasteiger partial charge in [-0.05, 0) is 38.5 Å². The first-order valence-electron chi connectivity index (χ1n) is 10.7. The van der Waals surface area contributed by atoms with Crippen molar-refractivity contribution in [2.75, 3.05) is 13.2 Å². The Labute approximate surface area is 181 Å². The van der Waals surface area contributed by atoms with Gasteiger partial charge in [-0.25, -0.2) is 4.79 Å². The smallest absolute Gasteiger partial charge is 0.336 e. The number of hydrogen-bond donors (Lipinski definition) is 2. The highest BCUT2D eigenvalue weighted by Gasteiger charge is 2.43. The molecule has 0 bridgehead atoms. The number of ketones is 1. The summed E-state index contributed by atoms with van der Waals surface area (Å²) >= 11 is 0. The minimum Gasteiger partial charge on any atom is -0.459 e. The van der Waals surface area contributed by atoms with Crippen molar-refractivity contribution in [3.8, 4) is 6.07 Å². The first kappa shape index (κ1) is 21.1. The molecule has 0 aliphatic carbocycles. The Balaban J connectivity index is 1.83. The van der Waals surface area contributed by atoms with Gasteiger partial charge in [-0.3, -0.25) is 4.79 Å². The van der Waals surface area contributed by atoms with E-state index in [1.807, 2.05) is 26.0 Å². The van der Waals surface area contributed by atoms with Crippen LogP contribution in [0.1, 0.15) is 50.7 Å². The molecule has 0 radical (unpaired) electrons. The van der Waals surface area contributed by atoms with E-state index in [-0.39, 0.29) is 17.9 Å². The number of nitrogens with zero attached hydrogens (tertiary/aromatic N) is 1. The molecule has 1 fully saturated rings. The van der Waals surface area contributed by atoms with Gasteiger partial charge in [-0.1, -0.05) is 6.07 Å². The fourth-order valence-electron chi connectivity index (χ4n) is 4.98. The van der Waals surface area contributed by atoms with Gasteiger partial charge in [-0.2, -0.15) is 5.26 Å². The monoisotopic (exact) mass is 421 g/mol. The van der Waals surface area contributed by atoms with Crippen molar-refractivity contribution >= 4 is 22.7 Å². The maximum Gasteiger partial charge on any atom is 0.336 e. The number of Topliss-reactive ketones (excluding diaryl/α,β-unsaturated/α-hetero) is 1. The van der Waals surface area contributed by atoms with Crippen molar-refractivity contribution in [1.29, 1.82) is 5.26 Å². The lowest BCUT2D eigenvalue weighted by atomic mass is 9.71. The molecule has 3 unspecified atom stereocenters. The summed E-state index contributed by atoms with van der Waals surface area (Å²) < 4.78 is 11.2. The Hall–Kier alpha value is -3.11. The molecular formula is C24H27N3O4. The van der Waals surface area contributed by atoms with Gasteiger partial charge in [0.2, 0.25) is 0 Å². The zero-order valence-electron chi connectivity index (χ0n) is 18.0. The summed E-state index contributed by atoms with van der Waals surface area (Å²) in [7, 11) is 0. The molecule has 7 heteroatoms. The summed E-state index contributed by atoms with van der Waals surface area (Å²) in [5, 5.41) is 13.6. The number of H-pyrrole nitrogens is 1. The molecule has 2 N–H and O–H groups in total. The molecular weight excluding hydrogens is 394 g/mol. The average molecular weight is 421 g/mol. The summed E-state index contributed by atoms with van der Waals surface area (Å²) in [6, 6.07) is 7.56. The zero-order chi connectivity index (χ0) is 22.1. The lowest BCUT2D eigenvalue weighted by molar-refractivity contribution is -0.149. The highest BCUT2D eigenvalue weighted by molar-refractivity contribution is 5.97. The fraction of sp³-hybridized carbons (Fsp3) is 0.458. The standard InChI is InChI=1S/C24H27N3O4/c1-13-20(15(3)28)22(18-5-4-16(12-25)23-19(18)6-9-26-23)21(14(2)27-13)24(29)31-17-7-10-30-11-8-17/h4-6,9,13,17,20,22,26-27H,7-8,10-11H2,1-3H3. The molecule has 31 heavy (non-hydrogen) atoms. The van der Waals surface area contributed by atoms with Gasteiger partial charge in [0.25, 0.3) is 0 Å². The van der Waals surface area contributed by atoms with E-state index >= 15 is 0 Å². The molecule has 3 heterocycles. The SMILES string of the molecule is CC(=O)C1C(C)NC(C)=C(C(=O)OC2CCOCC2)C1c1ccc(C#N)c2[nH]ccc12. The van der Waals surface area contributed by atoms with E-state index in [1.165, 1.54) is 0 Å². The number of aromatic amines is 1. The lowest BCUT2D eigenvalue weighted by Crippen LogP contribution is -2.47. The minimum atomic E-state index is -0.466. The van der Waals surface area contributed by atoms with Gasteiger partial charge in [0.15, 0.2) is 0 Å². The third kappa shape index (κ3) is 3.84. The maximum absolute atomic E-state index is 13.4. The number of rotatable bonds is 4. The van der Waals surface area contributed by atoms with E-state index in [4.69, 9.17) is 9.47 Å². The molecule has 3 atom stereocenters. The van der Waals surface area contributed by atoms with Crippen LogP contribution in [0, 0.1) is 17.2 Å². The number of allylic oxidation sites excluding steroid dienone is 1. The minimum absolute atomic E-state index is 0.00177. The zero-order valence-corrected chi connectivity index (χ0v) is 18.0. The molecule has 2 aliphatic heterocycles. The molecule has 0 spiro atoms. The summed E-state index contributed by atoms with van der Waals surface area (Å²) in [6.45, 7) is 6.53. The normalized spacial score (nSPS) is 24.5. The highest BCUT2D eigenvalue weighted by atomic mass is 16.6. The Bertz CT molecular complexity index is 1090. The van der Waals surface area contributed by atoms with E-state index in [9.17, 15) is 14.9 Å². The second-order valence-electron chi connectivity index (χ2n) is 8.38. The summed E-state index contributed by atoms with van der Waals surface area (Å²) in [6.07, 6.45) is 2.92. The predicted molar refractivity (Wildman–Crippen MR) is 115 cm³/mol. The number of fused-ring (bicyclic) bond motifs is 1. The third-order valence-corrected chi connectivity index (χ3v) is 6.40. The number of carbonyl (C=O) groups is 2. The van der Waals surface area contributed by atoms with Crippen LogP contribution in [-0.4, -0.2) is 42.1 Å². The van der Waals surface area contributed by atoms with Crippen molar-refractivity contribution in [2.24, 2.45) is 5.92 Å². The van der Waals surface area contributed by atoms with Crippen LogP contribution in [0.25, 0.3) is 10.9 Å². The van der Waals surface area contributed by atoms with Crippen molar-refractivity contribution in [3.63, 3.8) is 0 Å². The van der Waals surface area contributed by atoms with Crippen LogP contribution in [-0.2, 0) is 19.1 Å². The molecule has 0 saturated carbocycles. The van der Waals surface area contributed by atoms with E-state index < -0.39 is 17.8 Å². The van der Waals surface area contributed by atoms with Gasteiger partial charge in [-0.15, -0.1) is 0 Å². The van der Waals surface area contributed by atoms with Gasteiger partial charge in [0.1, 0.15) is 18.0 Å². The summed E-state index contributed by atoms with van der Waals surface area (Å²) in [4.78, 5) is 29.3. The molecule has 2 aromatic rings. The second kappa shape index (κ2) is 8.56. The number of nitriles is 1. The van der Waals surface area contributed by atoms with Crippen LogP contribution in [0.15, 0.2) is 35.7 Å². The van der Waals surface area contributed by atoms with Crippen molar-refractivity contribution in [2.45, 2.75) is 51.7 Å². The molecule has 162 valence electrons. The fourth-order valence-corrected chi connectivity index (χ4v) is 4.98. The largest absolute Gasteiger partial charge is 0.459 e. The van der Waals surface area contributed by atoms with Crippen LogP contribution in [0.2, 0.25) is 0 Å². The van der Waals surface area contributed by atoms with E-state index in [1.54, 1.807) is 19.2 Å². The molecule has 4 rings (SSSR count). The first-order valence-corrected chi connectivity index (χ1v) is 10.7. The molecule has 7 nitrogen and oxygen atoms in total. The van der Waals surface area contributed by atoms with E-state index in [0.29, 0.717) is 42.7 Å². The maximum atomic E-state index is 13.4. The molecule has 1 aromatic heterocycles. The molecule has 2 aliphatic rings. The summed E-state index contributed by atoms with van der Waals surface area (Å²) in [5.41, 5.74) is 3.29. The Morgan fingerprint density at radius 2 is 1.97 bits per heavy atom. The number of benzene rings is 1. The number of aromatic nitrogens is 1. The highest BCUT2D eigenvalue weighted by Crippen LogP contribution is 2.43. The number of carbonyl (C=O) groups excluding carboxylic acids is 2. The van der Waals surface area contributed by atoms with Crippen LogP contribution in [0.4, 0.5) is 0 Å². The van der Waals surface area contributed by atoms with Gasteiger partial charge in [0, 0.05) is 48.0 Å². The van der Waals surface area contributed by atoms with E-state index in [2.05, 4.69) is 16.4 Å². The first-order chi connectivity index (χ1) is 14.9. The lowest BCUT2D eigenvalue weighted by Gasteiger charge is -2.39. The van der Waals surface area contributed by atoms with Crippen LogP contribution < -0.4 is 5.32 Å². The Kier molecular flexibility index (Phi) is 5.84. The Morgan fingerprint density at radius 1 is 1.23 bits per heavy atom. The van der Waals surface area contributed by atoms with Gasteiger partial charge in [0.05, 0.1) is 29.9 Å². The summed E-state index contributed by atoms with van der Waals surface area (Å²) in [5.74, 6) is -1.30. The van der Waals surface area contributed by atoms with Crippen LogP contribution in [0.3, 0.4) is 0 Å². The van der Waals surface area contributed by atoms with Crippen molar-refractivity contribution in [1.82, 2.24) is 10.3 Å². The van der Waals surface area contributed by atoms with Crippen molar-refractivity contribution < 1.29 is 19.1 Å². The topological polar surface area (TPSA) is 104 Å². The quantitative estimate of drug-likeness (QED) is 0.734. The predicted octanol–water partition coefficient (Wildman–Crippen LogP) is 3.32. The number of nitrogens with one attached hydrogen (secondary N) is 2. The molecule has 0 amide bonds.